The molecule has 3 aromatic rings. The van der Waals surface area contributed by atoms with Crippen LogP contribution in [-0.4, -0.2) is 38.1 Å². The standard InChI is InChI=1S/C25H29N5O3S/c1-5-6-13-28-24(23(27-25(28)34)20-9-7-8-12-26-20)19-14-16(2)29(17(19)3)21-11-10-18(30(31)32)15-22(21)33-4/h7-12,14-15,23-24H,5-6,13H2,1-4H3,(H,27,34)/t23-,24-/m1/s1. The number of aromatic nitrogens is 2. The summed E-state index contributed by atoms with van der Waals surface area (Å²) in [4.78, 5) is 17.7. The Morgan fingerprint density at radius 2 is 2.03 bits per heavy atom. The minimum atomic E-state index is -0.415. The number of nitro benzene ring substituents is 1. The summed E-state index contributed by atoms with van der Waals surface area (Å²) in [5.41, 5.74) is 4.87. The van der Waals surface area contributed by atoms with Crippen LogP contribution < -0.4 is 10.1 Å². The Balaban J connectivity index is 1.84. The van der Waals surface area contributed by atoms with Gasteiger partial charge < -0.3 is 19.5 Å². The average molecular weight is 480 g/mol. The van der Waals surface area contributed by atoms with Gasteiger partial charge in [0.15, 0.2) is 5.11 Å². The SMILES string of the molecule is CCCCN1C(=S)N[C@H](c2ccccn2)[C@H]1c1cc(C)n(-c2ccc([N+](=O)[O-])cc2OC)c1C. The van der Waals surface area contributed by atoms with Crippen molar-refractivity contribution in [2.45, 2.75) is 45.7 Å². The molecule has 34 heavy (non-hydrogen) atoms. The Bertz CT molecular complexity index is 1210. The van der Waals surface area contributed by atoms with Gasteiger partial charge >= 0.3 is 0 Å². The van der Waals surface area contributed by atoms with Crippen LogP contribution in [0.3, 0.4) is 0 Å². The van der Waals surface area contributed by atoms with E-state index in [4.69, 9.17) is 17.0 Å². The molecule has 1 fully saturated rings. The first-order valence-electron chi connectivity index (χ1n) is 11.4. The van der Waals surface area contributed by atoms with Crippen LogP contribution in [0.1, 0.15) is 54.5 Å². The maximum atomic E-state index is 11.3. The number of rotatable bonds is 8. The number of pyridine rings is 1. The first-order chi connectivity index (χ1) is 16.4. The number of ether oxygens (including phenoxy) is 1. The topological polar surface area (TPSA) is 85.5 Å². The van der Waals surface area contributed by atoms with E-state index in [0.717, 1.165) is 52.8 Å². The van der Waals surface area contributed by atoms with Crippen LogP contribution in [0.2, 0.25) is 0 Å². The maximum Gasteiger partial charge on any atom is 0.273 e. The molecule has 2 aromatic heterocycles. The number of non-ortho nitro benzene ring substituents is 1. The molecule has 8 nitrogen and oxygen atoms in total. The van der Waals surface area contributed by atoms with Gasteiger partial charge in [-0.1, -0.05) is 19.4 Å². The molecule has 0 unspecified atom stereocenters. The van der Waals surface area contributed by atoms with E-state index in [1.54, 1.807) is 12.3 Å². The number of methoxy groups -OCH3 is 1. The highest BCUT2D eigenvalue weighted by molar-refractivity contribution is 7.80. The monoisotopic (exact) mass is 479 g/mol. The van der Waals surface area contributed by atoms with Crippen LogP contribution in [-0.2, 0) is 0 Å². The lowest BCUT2D eigenvalue weighted by Gasteiger charge is -2.28. The van der Waals surface area contributed by atoms with E-state index in [-0.39, 0.29) is 17.8 Å². The quantitative estimate of drug-likeness (QED) is 0.271. The molecule has 1 aliphatic heterocycles. The van der Waals surface area contributed by atoms with E-state index in [9.17, 15) is 10.1 Å². The number of nitrogens with one attached hydrogen (secondary N) is 1. The lowest BCUT2D eigenvalue weighted by Crippen LogP contribution is -2.30. The number of nitro groups is 1. The minimum Gasteiger partial charge on any atom is -0.494 e. The first-order valence-corrected chi connectivity index (χ1v) is 11.8. The van der Waals surface area contributed by atoms with Gasteiger partial charge in [0.1, 0.15) is 5.75 Å². The molecule has 0 radical (unpaired) electrons. The van der Waals surface area contributed by atoms with Crippen LogP contribution in [0.15, 0.2) is 48.7 Å². The molecular weight excluding hydrogens is 450 g/mol. The highest BCUT2D eigenvalue weighted by Gasteiger charge is 2.41. The zero-order valence-electron chi connectivity index (χ0n) is 19.8. The molecule has 1 aromatic carbocycles. The molecule has 9 heteroatoms. The Hall–Kier alpha value is -3.46. The van der Waals surface area contributed by atoms with Gasteiger partial charge in [-0.15, -0.1) is 0 Å². The first kappa shape index (κ1) is 23.7. The van der Waals surface area contributed by atoms with E-state index in [2.05, 4.69) is 39.7 Å². The van der Waals surface area contributed by atoms with Crippen molar-refractivity contribution in [3.05, 3.63) is 81.4 Å². The number of nitrogens with zero attached hydrogens (tertiary/aromatic N) is 4. The van der Waals surface area contributed by atoms with Crippen LogP contribution in [0, 0.1) is 24.0 Å². The summed E-state index contributed by atoms with van der Waals surface area (Å²) in [7, 11) is 1.53. The molecular formula is C25H29N5O3S. The molecule has 178 valence electrons. The fraction of sp³-hybridized carbons (Fsp3) is 0.360. The van der Waals surface area contributed by atoms with Gasteiger partial charge in [0, 0.05) is 30.2 Å². The molecule has 0 bridgehead atoms. The summed E-state index contributed by atoms with van der Waals surface area (Å²) in [5.74, 6) is 0.451. The fourth-order valence-corrected chi connectivity index (χ4v) is 5.07. The molecule has 2 atom stereocenters. The van der Waals surface area contributed by atoms with Crippen molar-refractivity contribution in [3.8, 4) is 11.4 Å². The highest BCUT2D eigenvalue weighted by Crippen LogP contribution is 2.42. The van der Waals surface area contributed by atoms with Crippen molar-refractivity contribution in [1.82, 2.24) is 19.8 Å². The Labute approximate surface area is 204 Å². The Morgan fingerprint density at radius 1 is 1.24 bits per heavy atom. The number of aryl methyl sites for hydroxylation is 1. The zero-order valence-corrected chi connectivity index (χ0v) is 20.6. The molecule has 3 heterocycles. The lowest BCUT2D eigenvalue weighted by molar-refractivity contribution is -0.384. The van der Waals surface area contributed by atoms with Crippen LogP contribution >= 0.6 is 12.2 Å². The van der Waals surface area contributed by atoms with Gasteiger partial charge in [-0.3, -0.25) is 15.1 Å². The van der Waals surface area contributed by atoms with Gasteiger partial charge in [-0.05, 0) is 62.3 Å². The van der Waals surface area contributed by atoms with Crippen molar-refractivity contribution >= 4 is 23.0 Å². The van der Waals surface area contributed by atoms with E-state index in [1.807, 2.05) is 25.1 Å². The van der Waals surface area contributed by atoms with Gasteiger partial charge in [0.2, 0.25) is 0 Å². The van der Waals surface area contributed by atoms with Crippen molar-refractivity contribution in [1.29, 1.82) is 0 Å². The summed E-state index contributed by atoms with van der Waals surface area (Å²) < 4.78 is 7.63. The van der Waals surface area contributed by atoms with Crippen molar-refractivity contribution in [3.63, 3.8) is 0 Å². The van der Waals surface area contributed by atoms with E-state index < -0.39 is 4.92 Å². The second kappa shape index (κ2) is 9.80. The van der Waals surface area contributed by atoms with E-state index >= 15 is 0 Å². The zero-order chi connectivity index (χ0) is 24.4. The second-order valence-electron chi connectivity index (χ2n) is 8.45. The predicted molar refractivity (Wildman–Crippen MR) is 136 cm³/mol. The summed E-state index contributed by atoms with van der Waals surface area (Å²) >= 11 is 5.76. The van der Waals surface area contributed by atoms with Crippen molar-refractivity contribution < 1.29 is 9.66 Å². The molecule has 1 saturated heterocycles. The average Bonchev–Trinajstić information content (AvgIpc) is 3.32. The maximum absolute atomic E-state index is 11.3. The highest BCUT2D eigenvalue weighted by atomic mass is 32.1. The van der Waals surface area contributed by atoms with Crippen LogP contribution in [0.5, 0.6) is 5.75 Å². The largest absolute Gasteiger partial charge is 0.494 e. The molecule has 1 N–H and O–H groups in total. The van der Waals surface area contributed by atoms with Crippen molar-refractivity contribution in [2.75, 3.05) is 13.7 Å². The summed E-state index contributed by atoms with van der Waals surface area (Å²) in [6, 6.07) is 12.7. The van der Waals surface area contributed by atoms with Gasteiger partial charge in [-0.25, -0.2) is 0 Å². The summed E-state index contributed by atoms with van der Waals surface area (Å²) in [5, 5.41) is 15.5. The van der Waals surface area contributed by atoms with Crippen LogP contribution in [0.4, 0.5) is 5.69 Å². The van der Waals surface area contributed by atoms with Crippen LogP contribution in [0.25, 0.3) is 5.69 Å². The normalized spacial score (nSPS) is 17.6. The third-order valence-electron chi connectivity index (χ3n) is 6.35. The predicted octanol–water partition coefficient (Wildman–Crippen LogP) is 5.18. The van der Waals surface area contributed by atoms with Gasteiger partial charge in [-0.2, -0.15) is 0 Å². The van der Waals surface area contributed by atoms with Gasteiger partial charge in [0.05, 0.1) is 41.6 Å². The summed E-state index contributed by atoms with van der Waals surface area (Å²) in [6.07, 6.45) is 3.90. The number of unbranched alkanes of at least 4 members (excludes halogenated alkanes) is 1. The number of thiocarbonyl (C=S) groups is 1. The van der Waals surface area contributed by atoms with E-state index in [0.29, 0.717) is 5.75 Å². The molecule has 0 aliphatic carbocycles. The Morgan fingerprint density at radius 3 is 2.68 bits per heavy atom. The lowest BCUT2D eigenvalue weighted by atomic mass is 9.96. The number of benzene rings is 1. The fourth-order valence-electron chi connectivity index (χ4n) is 4.74. The summed E-state index contributed by atoms with van der Waals surface area (Å²) in [6.45, 7) is 7.12. The molecule has 0 amide bonds. The number of hydrogen-bond acceptors (Lipinski definition) is 5. The molecule has 1 aliphatic rings. The number of hydrogen-bond donors (Lipinski definition) is 1. The molecule has 0 saturated carbocycles. The van der Waals surface area contributed by atoms with E-state index in [1.165, 1.54) is 19.2 Å². The van der Waals surface area contributed by atoms with Gasteiger partial charge in [0.25, 0.3) is 5.69 Å². The Kier molecular flexibility index (Phi) is 6.83. The second-order valence-corrected chi connectivity index (χ2v) is 8.84. The molecule has 4 rings (SSSR count). The third-order valence-corrected chi connectivity index (χ3v) is 6.71. The van der Waals surface area contributed by atoms with Crippen molar-refractivity contribution in [2.24, 2.45) is 0 Å². The molecule has 0 spiro atoms. The minimum absolute atomic E-state index is 0.00501. The smallest absolute Gasteiger partial charge is 0.273 e. The third kappa shape index (κ3) is 4.23.